The van der Waals surface area contributed by atoms with E-state index in [9.17, 15) is 4.79 Å². The van der Waals surface area contributed by atoms with Gasteiger partial charge < -0.3 is 15.2 Å². The molecule has 0 unspecified atom stereocenters. The second kappa shape index (κ2) is 9.48. The number of carbonyl (C=O) groups excluding carboxylic acids is 1. The van der Waals surface area contributed by atoms with Gasteiger partial charge >= 0.3 is 0 Å². The smallest absolute Gasteiger partial charge is 0.245 e. The van der Waals surface area contributed by atoms with Crippen molar-refractivity contribution in [1.82, 2.24) is 5.32 Å². The lowest BCUT2D eigenvalue weighted by atomic mass is 10.2. The summed E-state index contributed by atoms with van der Waals surface area (Å²) in [7, 11) is 1.59. The highest BCUT2D eigenvalue weighted by atomic mass is 16.5. The maximum Gasteiger partial charge on any atom is 0.245 e. The number of ether oxygens (including phenoxy) is 1. The van der Waals surface area contributed by atoms with Crippen molar-refractivity contribution in [2.24, 2.45) is 0 Å². The fourth-order valence-corrected chi connectivity index (χ4v) is 0.907. The lowest BCUT2D eigenvalue weighted by Crippen LogP contribution is -2.23. The van der Waals surface area contributed by atoms with Crippen LogP contribution in [0.4, 0.5) is 0 Å². The van der Waals surface area contributed by atoms with Gasteiger partial charge in [-0.05, 0) is 12.8 Å². The number of aliphatic hydroxyl groups excluding tert-OH is 1. The fourth-order valence-electron chi connectivity index (χ4n) is 0.907. The number of nitrogens with one attached hydrogen (secondary N) is 1. The minimum atomic E-state index is -0.0876. The van der Waals surface area contributed by atoms with Gasteiger partial charge in [-0.3, -0.25) is 4.79 Å². The van der Waals surface area contributed by atoms with Gasteiger partial charge in [0.1, 0.15) is 6.61 Å². The topological polar surface area (TPSA) is 58.6 Å². The molecule has 0 bridgehead atoms. The first-order chi connectivity index (χ1) is 6.31. The van der Waals surface area contributed by atoms with Crippen LogP contribution in [-0.4, -0.2) is 37.9 Å². The number of rotatable bonds is 8. The molecule has 0 fully saturated rings. The third-order valence-corrected chi connectivity index (χ3v) is 1.71. The first-order valence-electron chi connectivity index (χ1n) is 4.70. The molecule has 0 aromatic carbocycles. The van der Waals surface area contributed by atoms with E-state index in [0.717, 1.165) is 25.7 Å². The predicted octanol–water partition coefficient (Wildman–Crippen LogP) is 0.302. The number of hydrogen-bond acceptors (Lipinski definition) is 3. The van der Waals surface area contributed by atoms with E-state index < -0.39 is 0 Å². The number of carbonyl (C=O) groups is 1. The van der Waals surface area contributed by atoms with Crippen LogP contribution in [0.3, 0.4) is 0 Å². The third kappa shape index (κ3) is 9.30. The molecule has 4 heteroatoms. The molecule has 0 heterocycles. The fraction of sp³-hybridized carbons (Fsp3) is 0.889. The molecular weight excluding hydrogens is 170 g/mol. The zero-order chi connectivity index (χ0) is 9.94. The van der Waals surface area contributed by atoms with Gasteiger partial charge in [0.05, 0.1) is 0 Å². The van der Waals surface area contributed by atoms with Crippen molar-refractivity contribution in [2.75, 3.05) is 26.9 Å². The average molecular weight is 189 g/mol. The summed E-state index contributed by atoms with van der Waals surface area (Å²) in [6.07, 6.45) is 3.89. The zero-order valence-corrected chi connectivity index (χ0v) is 8.21. The molecule has 2 N–H and O–H groups in total. The lowest BCUT2D eigenvalue weighted by Gasteiger charge is -2.02. The molecule has 0 aliphatic rings. The lowest BCUT2D eigenvalue weighted by molar-refractivity contribution is -0.125. The van der Waals surface area contributed by atoms with Gasteiger partial charge in [0.25, 0.3) is 0 Å². The minimum absolute atomic E-state index is 0.0876. The van der Waals surface area contributed by atoms with Gasteiger partial charge in [-0.15, -0.1) is 0 Å². The Labute approximate surface area is 79.3 Å². The third-order valence-electron chi connectivity index (χ3n) is 1.71. The van der Waals surface area contributed by atoms with Crippen molar-refractivity contribution in [3.63, 3.8) is 0 Å². The monoisotopic (exact) mass is 189 g/mol. The van der Waals surface area contributed by atoms with Crippen LogP contribution in [-0.2, 0) is 9.53 Å². The van der Waals surface area contributed by atoms with Crippen molar-refractivity contribution >= 4 is 5.91 Å². The van der Waals surface area contributed by atoms with Crippen LogP contribution in [0, 0.1) is 0 Å². The van der Waals surface area contributed by atoms with Gasteiger partial charge in [-0.25, -0.2) is 0 Å². The first kappa shape index (κ1) is 12.4. The summed E-state index contributed by atoms with van der Waals surface area (Å²) in [6.45, 7) is 1.04. The molecule has 1 amide bonds. The summed E-state index contributed by atoms with van der Waals surface area (Å²) in [5.74, 6) is -0.0876. The van der Waals surface area contributed by atoms with Gasteiger partial charge in [-0.1, -0.05) is 12.8 Å². The van der Waals surface area contributed by atoms with Crippen molar-refractivity contribution in [2.45, 2.75) is 25.7 Å². The largest absolute Gasteiger partial charge is 0.396 e. The normalized spacial score (nSPS) is 10.0. The van der Waals surface area contributed by atoms with Crippen LogP contribution in [0.25, 0.3) is 0 Å². The molecule has 0 aliphatic carbocycles. The Morgan fingerprint density at radius 1 is 1.31 bits per heavy atom. The highest BCUT2D eigenvalue weighted by Gasteiger charge is 1.96. The Hall–Kier alpha value is -0.610. The van der Waals surface area contributed by atoms with E-state index >= 15 is 0 Å². The van der Waals surface area contributed by atoms with E-state index in [1.165, 1.54) is 0 Å². The summed E-state index contributed by atoms with van der Waals surface area (Å²) in [6, 6.07) is 0. The minimum Gasteiger partial charge on any atom is -0.396 e. The van der Waals surface area contributed by atoms with Gasteiger partial charge in [0.15, 0.2) is 0 Å². The Morgan fingerprint density at radius 3 is 2.62 bits per heavy atom. The maximum atomic E-state index is 10.7. The molecule has 0 rings (SSSR count). The van der Waals surface area contributed by atoms with Crippen molar-refractivity contribution < 1.29 is 14.6 Å². The second-order valence-corrected chi connectivity index (χ2v) is 2.86. The number of unbranched alkanes of at least 4 members (excludes halogenated alkanes) is 3. The number of aliphatic hydroxyl groups is 1. The van der Waals surface area contributed by atoms with E-state index in [0.29, 0.717) is 6.61 Å². The summed E-state index contributed by atoms with van der Waals surface area (Å²) in [5.41, 5.74) is 0. The number of likely N-dealkylation sites (N-methyl/N-ethyl adjacent to an activating group) is 1. The van der Waals surface area contributed by atoms with Gasteiger partial charge in [0.2, 0.25) is 5.91 Å². The van der Waals surface area contributed by atoms with E-state index in [4.69, 9.17) is 9.84 Å². The highest BCUT2D eigenvalue weighted by molar-refractivity contribution is 5.76. The van der Waals surface area contributed by atoms with Crippen LogP contribution in [0.1, 0.15) is 25.7 Å². The number of hydrogen-bond donors (Lipinski definition) is 2. The molecule has 0 aromatic heterocycles. The highest BCUT2D eigenvalue weighted by Crippen LogP contribution is 1.98. The molecule has 78 valence electrons. The van der Waals surface area contributed by atoms with E-state index in [1.807, 2.05) is 0 Å². The Morgan fingerprint density at radius 2 is 2.00 bits per heavy atom. The van der Waals surface area contributed by atoms with Crippen LogP contribution in [0.15, 0.2) is 0 Å². The molecule has 0 radical (unpaired) electrons. The average Bonchev–Trinajstić information content (AvgIpc) is 2.16. The van der Waals surface area contributed by atoms with Crippen molar-refractivity contribution in [3.05, 3.63) is 0 Å². The molecule has 0 spiro atoms. The van der Waals surface area contributed by atoms with Crippen LogP contribution in [0.5, 0.6) is 0 Å². The SMILES string of the molecule is CNC(=O)COCCCCCCO. The van der Waals surface area contributed by atoms with Crippen molar-refractivity contribution in [3.8, 4) is 0 Å². The summed E-state index contributed by atoms with van der Waals surface area (Å²) < 4.78 is 5.09. The summed E-state index contributed by atoms with van der Waals surface area (Å²) >= 11 is 0. The molecule has 0 saturated heterocycles. The van der Waals surface area contributed by atoms with Crippen LogP contribution >= 0.6 is 0 Å². The van der Waals surface area contributed by atoms with E-state index in [2.05, 4.69) is 5.32 Å². The van der Waals surface area contributed by atoms with E-state index in [1.54, 1.807) is 7.05 Å². The quantitative estimate of drug-likeness (QED) is 0.540. The molecule has 0 saturated carbocycles. The Bertz CT molecular complexity index is 128. The van der Waals surface area contributed by atoms with Gasteiger partial charge in [0, 0.05) is 20.3 Å². The molecule has 0 aromatic rings. The van der Waals surface area contributed by atoms with Gasteiger partial charge in [-0.2, -0.15) is 0 Å². The summed E-state index contributed by atoms with van der Waals surface area (Å²) in [4.78, 5) is 10.7. The Balaban J connectivity index is 2.95. The number of amides is 1. The standard InChI is InChI=1S/C9H19NO3/c1-10-9(12)8-13-7-5-3-2-4-6-11/h11H,2-8H2,1H3,(H,10,12). The predicted molar refractivity (Wildman–Crippen MR) is 50.4 cm³/mol. The molecule has 0 aliphatic heterocycles. The molecule has 4 nitrogen and oxygen atoms in total. The molecular formula is C9H19NO3. The maximum absolute atomic E-state index is 10.7. The Kier molecular flexibility index (Phi) is 9.03. The first-order valence-corrected chi connectivity index (χ1v) is 4.70. The molecule has 13 heavy (non-hydrogen) atoms. The van der Waals surface area contributed by atoms with E-state index in [-0.39, 0.29) is 19.1 Å². The zero-order valence-electron chi connectivity index (χ0n) is 8.21. The summed E-state index contributed by atoms with van der Waals surface area (Å²) in [5, 5.41) is 11.0. The molecule has 0 atom stereocenters. The van der Waals surface area contributed by atoms with Crippen molar-refractivity contribution in [1.29, 1.82) is 0 Å². The van der Waals surface area contributed by atoms with Crippen LogP contribution < -0.4 is 5.32 Å². The van der Waals surface area contributed by atoms with Crippen LogP contribution in [0.2, 0.25) is 0 Å². The second-order valence-electron chi connectivity index (χ2n) is 2.86.